The molecule has 0 aromatic carbocycles. The number of rotatable bonds is 2. The van der Waals surface area contributed by atoms with Gasteiger partial charge in [-0.2, -0.15) is 0 Å². The Bertz CT molecular complexity index is 300. The summed E-state index contributed by atoms with van der Waals surface area (Å²) in [6.45, 7) is 11.1. The van der Waals surface area contributed by atoms with E-state index < -0.39 is 7.60 Å². The van der Waals surface area contributed by atoms with Crippen LogP contribution in [0.2, 0.25) is 0 Å². The Morgan fingerprint density at radius 1 is 1.20 bits per heavy atom. The highest BCUT2D eigenvalue weighted by Gasteiger charge is 2.36. The van der Waals surface area contributed by atoms with Gasteiger partial charge < -0.3 is 9.05 Å². The van der Waals surface area contributed by atoms with Crippen LogP contribution in [0, 0.1) is 5.41 Å². The molecular weight excluding hydrogens is 211 g/mol. The summed E-state index contributed by atoms with van der Waals surface area (Å²) < 4.78 is 23.0. The molecule has 0 saturated carbocycles. The van der Waals surface area contributed by atoms with Gasteiger partial charge in [0.15, 0.2) is 0 Å². The molecule has 1 rings (SSSR count). The molecule has 15 heavy (non-hydrogen) atoms. The summed E-state index contributed by atoms with van der Waals surface area (Å²) in [7, 11) is -2.86. The summed E-state index contributed by atoms with van der Waals surface area (Å²) in [6.07, 6.45) is 0.422. The Labute approximate surface area is 92.4 Å². The first-order valence-electron chi connectivity index (χ1n) is 5.25. The van der Waals surface area contributed by atoms with Gasteiger partial charge in [-0.3, -0.25) is 4.57 Å². The highest BCUT2D eigenvalue weighted by atomic mass is 31.2. The van der Waals surface area contributed by atoms with Crippen LogP contribution < -0.4 is 0 Å². The van der Waals surface area contributed by atoms with Gasteiger partial charge >= 0.3 is 7.60 Å². The first-order valence-corrected chi connectivity index (χ1v) is 6.98. The van der Waals surface area contributed by atoms with Gasteiger partial charge in [0.2, 0.25) is 0 Å². The zero-order valence-corrected chi connectivity index (χ0v) is 11.2. The molecular formula is C11H21O3P. The van der Waals surface area contributed by atoms with Crippen LogP contribution in [0.4, 0.5) is 0 Å². The van der Waals surface area contributed by atoms with E-state index in [0.29, 0.717) is 19.4 Å². The van der Waals surface area contributed by atoms with Crippen molar-refractivity contribution in [3.05, 3.63) is 11.1 Å². The molecule has 1 aliphatic rings. The maximum absolute atomic E-state index is 12.2. The summed E-state index contributed by atoms with van der Waals surface area (Å²) in [6, 6.07) is 0. The van der Waals surface area contributed by atoms with E-state index >= 15 is 0 Å². The molecule has 1 aliphatic heterocycles. The van der Waals surface area contributed by atoms with Gasteiger partial charge in [0, 0.05) is 5.41 Å². The van der Waals surface area contributed by atoms with Crippen molar-refractivity contribution in [2.24, 2.45) is 5.41 Å². The molecule has 0 aliphatic carbocycles. The first kappa shape index (κ1) is 13.0. The second kappa shape index (κ2) is 4.40. The molecule has 4 heteroatoms. The lowest BCUT2D eigenvalue weighted by Crippen LogP contribution is -2.30. The average molecular weight is 232 g/mol. The molecule has 0 aromatic rings. The van der Waals surface area contributed by atoms with Crippen LogP contribution >= 0.6 is 7.60 Å². The highest BCUT2D eigenvalue weighted by Crippen LogP contribution is 2.54. The smallest absolute Gasteiger partial charge is 0.308 e. The predicted molar refractivity (Wildman–Crippen MR) is 62.2 cm³/mol. The Morgan fingerprint density at radius 2 is 1.67 bits per heavy atom. The number of hydrogen-bond donors (Lipinski definition) is 0. The lowest BCUT2D eigenvalue weighted by Gasteiger charge is -2.34. The molecule has 3 nitrogen and oxygen atoms in total. The van der Waals surface area contributed by atoms with E-state index in [1.165, 1.54) is 5.57 Å². The minimum Gasteiger partial charge on any atom is -0.308 e. The SMILES string of the molecule is CC(C)=C(C)CP1(=O)OCC(C)(C)CO1. The molecule has 88 valence electrons. The minimum absolute atomic E-state index is 0.0210. The summed E-state index contributed by atoms with van der Waals surface area (Å²) in [5.74, 6) is 0. The molecule has 0 unspecified atom stereocenters. The quantitative estimate of drug-likeness (QED) is 0.539. The maximum atomic E-state index is 12.2. The first-order chi connectivity index (χ1) is 6.74. The van der Waals surface area contributed by atoms with Gasteiger partial charge in [-0.25, -0.2) is 0 Å². The van der Waals surface area contributed by atoms with Gasteiger partial charge in [0.1, 0.15) is 0 Å². The van der Waals surface area contributed by atoms with Crippen LogP contribution in [0.15, 0.2) is 11.1 Å². The van der Waals surface area contributed by atoms with Gasteiger partial charge in [0.25, 0.3) is 0 Å². The predicted octanol–water partition coefficient (Wildman–Crippen LogP) is 3.61. The molecule has 1 saturated heterocycles. The zero-order chi connectivity index (χ0) is 11.7. The zero-order valence-electron chi connectivity index (χ0n) is 10.3. The second-order valence-corrected chi connectivity index (χ2v) is 7.31. The molecule has 0 spiro atoms. The normalized spacial score (nSPS) is 23.5. The van der Waals surface area contributed by atoms with Crippen molar-refractivity contribution in [3.63, 3.8) is 0 Å². The van der Waals surface area contributed by atoms with Gasteiger partial charge in [-0.15, -0.1) is 0 Å². The summed E-state index contributed by atoms with van der Waals surface area (Å²) in [5, 5.41) is 0. The monoisotopic (exact) mass is 232 g/mol. The Morgan fingerprint density at radius 3 is 2.07 bits per heavy atom. The standard InChI is InChI=1S/C11H21O3P/c1-9(2)10(3)6-15(12)13-7-11(4,5)8-14-15/h6-8H2,1-5H3. The fourth-order valence-corrected chi connectivity index (χ4v) is 3.41. The largest absolute Gasteiger partial charge is 0.334 e. The second-order valence-electron chi connectivity index (χ2n) is 5.26. The van der Waals surface area contributed by atoms with Gasteiger partial charge in [-0.1, -0.05) is 25.0 Å². The Kier molecular flexibility index (Phi) is 3.80. The van der Waals surface area contributed by atoms with E-state index in [2.05, 4.69) is 0 Å². The molecule has 0 aromatic heterocycles. The van der Waals surface area contributed by atoms with E-state index in [-0.39, 0.29) is 5.41 Å². The highest BCUT2D eigenvalue weighted by molar-refractivity contribution is 7.54. The lowest BCUT2D eigenvalue weighted by atomic mass is 9.97. The Hall–Kier alpha value is -0.110. The van der Waals surface area contributed by atoms with Crippen LogP contribution in [0.25, 0.3) is 0 Å². The summed E-state index contributed by atoms with van der Waals surface area (Å²) in [5.41, 5.74) is 2.26. The third-order valence-corrected chi connectivity index (χ3v) is 4.49. The van der Waals surface area contributed by atoms with E-state index in [0.717, 1.165) is 5.57 Å². The van der Waals surface area contributed by atoms with E-state index in [9.17, 15) is 4.57 Å². The van der Waals surface area contributed by atoms with Crippen LogP contribution in [-0.4, -0.2) is 19.4 Å². The number of hydrogen-bond acceptors (Lipinski definition) is 3. The van der Waals surface area contributed by atoms with Crippen molar-refractivity contribution < 1.29 is 13.6 Å². The lowest BCUT2D eigenvalue weighted by molar-refractivity contribution is 0.0423. The third kappa shape index (κ3) is 3.75. The van der Waals surface area contributed by atoms with Crippen molar-refractivity contribution in [2.75, 3.05) is 19.4 Å². The molecule has 0 atom stereocenters. The topological polar surface area (TPSA) is 35.5 Å². The summed E-state index contributed by atoms with van der Waals surface area (Å²) in [4.78, 5) is 0. The van der Waals surface area contributed by atoms with E-state index in [4.69, 9.17) is 9.05 Å². The third-order valence-electron chi connectivity index (χ3n) is 2.59. The minimum atomic E-state index is -2.86. The van der Waals surface area contributed by atoms with E-state index in [1.807, 2.05) is 34.6 Å². The van der Waals surface area contributed by atoms with Crippen molar-refractivity contribution in [3.8, 4) is 0 Å². The molecule has 0 amide bonds. The molecule has 0 bridgehead atoms. The molecule has 1 fully saturated rings. The maximum Gasteiger partial charge on any atom is 0.334 e. The summed E-state index contributed by atoms with van der Waals surface area (Å²) >= 11 is 0. The average Bonchev–Trinajstić information content (AvgIpc) is 2.11. The Balaban J connectivity index is 2.65. The van der Waals surface area contributed by atoms with Crippen LogP contribution in [0.3, 0.4) is 0 Å². The van der Waals surface area contributed by atoms with Crippen molar-refractivity contribution >= 4 is 7.60 Å². The molecule has 1 heterocycles. The van der Waals surface area contributed by atoms with Gasteiger partial charge in [-0.05, 0) is 20.8 Å². The number of allylic oxidation sites excluding steroid dienone is 2. The van der Waals surface area contributed by atoms with E-state index in [1.54, 1.807) is 0 Å². The van der Waals surface area contributed by atoms with Crippen molar-refractivity contribution in [1.82, 2.24) is 0 Å². The molecule has 0 radical (unpaired) electrons. The van der Waals surface area contributed by atoms with Gasteiger partial charge in [0.05, 0.1) is 19.4 Å². The van der Waals surface area contributed by atoms with Crippen molar-refractivity contribution in [2.45, 2.75) is 34.6 Å². The fraction of sp³-hybridized carbons (Fsp3) is 0.818. The molecule has 0 N–H and O–H groups in total. The fourth-order valence-electron chi connectivity index (χ4n) is 1.16. The van der Waals surface area contributed by atoms with Crippen LogP contribution in [0.5, 0.6) is 0 Å². The van der Waals surface area contributed by atoms with Crippen LogP contribution in [-0.2, 0) is 13.6 Å². The van der Waals surface area contributed by atoms with Crippen LogP contribution in [0.1, 0.15) is 34.6 Å². The van der Waals surface area contributed by atoms with Crippen molar-refractivity contribution in [1.29, 1.82) is 0 Å².